The highest BCUT2D eigenvalue weighted by Crippen LogP contribution is 2.44. The van der Waals surface area contributed by atoms with Crippen LogP contribution in [0.25, 0.3) is 0 Å². The lowest BCUT2D eigenvalue weighted by Gasteiger charge is -2.43. The van der Waals surface area contributed by atoms with E-state index in [-0.39, 0.29) is 12.8 Å². The number of carbonyl (C=O) groups excluding carboxylic acids is 1. The summed E-state index contributed by atoms with van der Waals surface area (Å²) in [4.78, 5) is 23.8. The van der Waals surface area contributed by atoms with E-state index in [0.29, 0.717) is 11.4 Å². The second kappa shape index (κ2) is 7.86. The Morgan fingerprint density at radius 1 is 1.04 bits per heavy atom. The van der Waals surface area contributed by atoms with Gasteiger partial charge in [0, 0.05) is 25.2 Å². The minimum Gasteiger partial charge on any atom is -0.444 e. The molecule has 3 atom stereocenters. The fourth-order valence-electron chi connectivity index (χ4n) is 3.77. The zero-order chi connectivity index (χ0) is 20.5. The standard InChI is InChI=1S/C22H28FN3O2/c1-14-8-6-10-24-19(14)17-12-16(23)13-18(20-15(2)9-7-11-25-20)26(17)21(27)28-22(3,4)5/h6-11,16-18H,12-13H2,1-5H3/t16?,17-,18+. The van der Waals surface area contributed by atoms with E-state index in [1.807, 2.05) is 58.9 Å². The molecule has 0 aliphatic carbocycles. The first kappa shape index (κ1) is 20.2. The molecule has 1 aliphatic rings. The maximum absolute atomic E-state index is 14.9. The van der Waals surface area contributed by atoms with Crippen LogP contribution >= 0.6 is 0 Å². The number of pyridine rings is 2. The number of carbonyl (C=O) groups is 1. The van der Waals surface area contributed by atoms with Crippen molar-refractivity contribution in [3.05, 3.63) is 59.2 Å². The number of aryl methyl sites for hydroxylation is 2. The summed E-state index contributed by atoms with van der Waals surface area (Å²) in [5.41, 5.74) is 2.60. The number of rotatable bonds is 2. The van der Waals surface area contributed by atoms with Gasteiger partial charge in [-0.25, -0.2) is 9.18 Å². The Labute approximate surface area is 166 Å². The van der Waals surface area contributed by atoms with Crippen molar-refractivity contribution in [2.24, 2.45) is 0 Å². The van der Waals surface area contributed by atoms with Gasteiger partial charge in [-0.1, -0.05) is 12.1 Å². The zero-order valence-corrected chi connectivity index (χ0v) is 17.1. The Balaban J connectivity index is 2.10. The molecule has 1 saturated heterocycles. The molecule has 0 aromatic carbocycles. The lowest BCUT2D eigenvalue weighted by molar-refractivity contribution is -0.0203. The average molecular weight is 385 g/mol. The van der Waals surface area contributed by atoms with Gasteiger partial charge >= 0.3 is 6.09 Å². The van der Waals surface area contributed by atoms with Crippen molar-refractivity contribution in [3.63, 3.8) is 0 Å². The van der Waals surface area contributed by atoms with Crippen LogP contribution in [-0.2, 0) is 4.74 Å². The molecule has 1 aliphatic heterocycles. The molecular formula is C22H28FN3O2. The van der Waals surface area contributed by atoms with E-state index in [1.54, 1.807) is 17.3 Å². The third-order valence-electron chi connectivity index (χ3n) is 4.97. The van der Waals surface area contributed by atoms with Gasteiger partial charge in [0.05, 0.1) is 23.5 Å². The summed E-state index contributed by atoms with van der Waals surface area (Å²) in [7, 11) is 0. The summed E-state index contributed by atoms with van der Waals surface area (Å²) in [5, 5.41) is 0. The molecule has 6 heteroatoms. The molecule has 1 amide bonds. The number of alkyl halides is 1. The maximum atomic E-state index is 14.9. The van der Waals surface area contributed by atoms with Gasteiger partial charge in [0.15, 0.2) is 0 Å². The number of likely N-dealkylation sites (tertiary alicyclic amines) is 1. The number of piperidine rings is 1. The largest absolute Gasteiger partial charge is 0.444 e. The molecule has 1 unspecified atom stereocenters. The highest BCUT2D eigenvalue weighted by atomic mass is 19.1. The number of aromatic nitrogens is 2. The molecular weight excluding hydrogens is 357 g/mol. The van der Waals surface area contributed by atoms with Gasteiger partial charge in [0.25, 0.3) is 0 Å². The van der Waals surface area contributed by atoms with E-state index >= 15 is 0 Å². The Hall–Kier alpha value is -2.50. The highest BCUT2D eigenvalue weighted by molar-refractivity contribution is 5.70. The second-order valence-electron chi connectivity index (χ2n) is 8.40. The number of halogens is 1. The van der Waals surface area contributed by atoms with Crippen LogP contribution in [0.3, 0.4) is 0 Å². The van der Waals surface area contributed by atoms with Crippen molar-refractivity contribution in [3.8, 4) is 0 Å². The summed E-state index contributed by atoms with van der Waals surface area (Å²) >= 11 is 0. The van der Waals surface area contributed by atoms with Crippen molar-refractivity contribution in [2.75, 3.05) is 0 Å². The van der Waals surface area contributed by atoms with E-state index in [1.165, 1.54) is 0 Å². The van der Waals surface area contributed by atoms with Gasteiger partial charge in [0.2, 0.25) is 0 Å². The number of amides is 1. The molecule has 150 valence electrons. The molecule has 2 aromatic heterocycles. The third kappa shape index (κ3) is 4.32. The van der Waals surface area contributed by atoms with Crippen LogP contribution < -0.4 is 0 Å². The SMILES string of the molecule is Cc1cccnc1[C@H]1CC(F)C[C@@H](c2ncccc2C)N1C(=O)OC(C)(C)C. The quantitative estimate of drug-likeness (QED) is 0.709. The van der Waals surface area contributed by atoms with E-state index in [2.05, 4.69) is 9.97 Å². The average Bonchev–Trinajstić information content (AvgIpc) is 2.60. The third-order valence-corrected chi connectivity index (χ3v) is 4.97. The van der Waals surface area contributed by atoms with Crippen LogP contribution in [0.4, 0.5) is 9.18 Å². The predicted octanol–water partition coefficient (Wildman–Crippen LogP) is 5.24. The van der Waals surface area contributed by atoms with E-state index in [0.717, 1.165) is 11.1 Å². The molecule has 1 fully saturated rings. The van der Waals surface area contributed by atoms with Gasteiger partial charge in [-0.15, -0.1) is 0 Å². The first-order valence-electron chi connectivity index (χ1n) is 9.66. The molecule has 0 bridgehead atoms. The molecule has 0 N–H and O–H groups in total. The summed E-state index contributed by atoms with van der Waals surface area (Å²) < 4.78 is 20.6. The normalized spacial score (nSPS) is 22.8. The molecule has 28 heavy (non-hydrogen) atoms. The number of hydrogen-bond acceptors (Lipinski definition) is 4. The minimum atomic E-state index is -1.06. The monoisotopic (exact) mass is 385 g/mol. The van der Waals surface area contributed by atoms with Crippen LogP contribution in [-0.4, -0.2) is 32.7 Å². The van der Waals surface area contributed by atoms with Crippen LogP contribution in [0.5, 0.6) is 0 Å². The molecule has 5 nitrogen and oxygen atoms in total. The first-order valence-corrected chi connectivity index (χ1v) is 9.66. The van der Waals surface area contributed by atoms with Gasteiger partial charge < -0.3 is 4.74 Å². The maximum Gasteiger partial charge on any atom is 0.411 e. The van der Waals surface area contributed by atoms with Crippen LogP contribution in [0, 0.1) is 13.8 Å². The lowest BCUT2D eigenvalue weighted by Crippen LogP contribution is -2.47. The Kier molecular flexibility index (Phi) is 5.68. The number of hydrogen-bond donors (Lipinski definition) is 0. The highest BCUT2D eigenvalue weighted by Gasteiger charge is 2.44. The van der Waals surface area contributed by atoms with Gasteiger partial charge in [-0.05, 0) is 57.9 Å². The van der Waals surface area contributed by atoms with Gasteiger partial charge in [0.1, 0.15) is 11.8 Å². The zero-order valence-electron chi connectivity index (χ0n) is 17.1. The summed E-state index contributed by atoms with van der Waals surface area (Å²) in [6.45, 7) is 9.34. The van der Waals surface area contributed by atoms with Gasteiger partial charge in [-0.2, -0.15) is 0 Å². The van der Waals surface area contributed by atoms with E-state index in [4.69, 9.17) is 4.74 Å². The summed E-state index contributed by atoms with van der Waals surface area (Å²) in [6, 6.07) is 6.52. The molecule has 0 radical (unpaired) electrons. The molecule has 0 spiro atoms. The smallest absolute Gasteiger partial charge is 0.411 e. The van der Waals surface area contributed by atoms with Crippen LogP contribution in [0.15, 0.2) is 36.7 Å². The van der Waals surface area contributed by atoms with Gasteiger partial charge in [-0.3, -0.25) is 14.9 Å². The fourth-order valence-corrected chi connectivity index (χ4v) is 3.77. The Morgan fingerprint density at radius 3 is 1.89 bits per heavy atom. The van der Waals surface area contributed by atoms with Crippen molar-refractivity contribution in [1.82, 2.24) is 14.9 Å². The number of ether oxygens (including phenoxy) is 1. The summed E-state index contributed by atoms with van der Waals surface area (Å²) in [5.74, 6) is 0. The van der Waals surface area contributed by atoms with Crippen molar-refractivity contribution in [2.45, 2.75) is 71.3 Å². The van der Waals surface area contributed by atoms with E-state index in [9.17, 15) is 9.18 Å². The predicted molar refractivity (Wildman–Crippen MR) is 106 cm³/mol. The summed E-state index contributed by atoms with van der Waals surface area (Å²) in [6.07, 6.45) is 2.22. The first-order chi connectivity index (χ1) is 13.2. The van der Waals surface area contributed by atoms with Crippen LogP contribution in [0.1, 0.15) is 68.2 Å². The van der Waals surface area contributed by atoms with Crippen molar-refractivity contribution >= 4 is 6.09 Å². The molecule has 0 saturated carbocycles. The fraction of sp³-hybridized carbons (Fsp3) is 0.500. The minimum absolute atomic E-state index is 0.194. The lowest BCUT2D eigenvalue weighted by atomic mass is 9.88. The Bertz CT molecular complexity index is 794. The molecule has 2 aromatic rings. The Morgan fingerprint density at radius 2 is 1.50 bits per heavy atom. The molecule has 3 rings (SSSR count). The van der Waals surface area contributed by atoms with Crippen molar-refractivity contribution < 1.29 is 13.9 Å². The number of nitrogens with zero attached hydrogens (tertiary/aromatic N) is 3. The topological polar surface area (TPSA) is 55.3 Å². The second-order valence-corrected chi connectivity index (χ2v) is 8.40. The molecule has 3 heterocycles. The van der Waals surface area contributed by atoms with Crippen molar-refractivity contribution in [1.29, 1.82) is 0 Å². The van der Waals surface area contributed by atoms with Crippen LogP contribution in [0.2, 0.25) is 0 Å². The van der Waals surface area contributed by atoms with E-state index < -0.39 is 29.9 Å².